The Labute approximate surface area is 127 Å². The van der Waals surface area contributed by atoms with E-state index in [1.54, 1.807) is 4.90 Å². The highest BCUT2D eigenvalue weighted by Crippen LogP contribution is 2.23. The van der Waals surface area contributed by atoms with Crippen LogP contribution >= 0.6 is 22.9 Å². The summed E-state index contributed by atoms with van der Waals surface area (Å²) in [5, 5.41) is 7.59. The molecule has 0 saturated carbocycles. The van der Waals surface area contributed by atoms with E-state index >= 15 is 0 Å². The zero-order valence-electron chi connectivity index (χ0n) is 11.1. The van der Waals surface area contributed by atoms with Gasteiger partial charge in [0.05, 0.1) is 11.5 Å². The second-order valence-electron chi connectivity index (χ2n) is 4.77. The van der Waals surface area contributed by atoms with E-state index in [0.717, 1.165) is 24.2 Å². The smallest absolute Gasteiger partial charge is 0.285 e. The van der Waals surface area contributed by atoms with Crippen LogP contribution in [0.2, 0.25) is 4.47 Å². The Balaban J connectivity index is 2.17. The van der Waals surface area contributed by atoms with Crippen LogP contribution in [0.5, 0.6) is 0 Å². The number of aromatic nitrogens is 2. The first-order valence-corrected chi connectivity index (χ1v) is 9.45. The largest absolute Gasteiger partial charge is 0.332 e. The predicted octanol–water partition coefficient (Wildman–Crippen LogP) is 1.62. The van der Waals surface area contributed by atoms with E-state index in [1.807, 2.05) is 6.92 Å². The average Bonchev–Trinajstić information content (AvgIpc) is 2.96. The number of amides is 1. The summed E-state index contributed by atoms with van der Waals surface area (Å²) >= 11 is 6.72. The van der Waals surface area contributed by atoms with Crippen molar-refractivity contribution in [2.24, 2.45) is 0 Å². The van der Waals surface area contributed by atoms with Gasteiger partial charge >= 0.3 is 0 Å². The molecular weight excluding hydrogens is 322 g/mol. The van der Waals surface area contributed by atoms with Crippen molar-refractivity contribution in [1.82, 2.24) is 15.1 Å². The van der Waals surface area contributed by atoms with Gasteiger partial charge in [-0.25, -0.2) is 8.42 Å². The van der Waals surface area contributed by atoms with Crippen molar-refractivity contribution < 1.29 is 13.2 Å². The van der Waals surface area contributed by atoms with Gasteiger partial charge in [-0.1, -0.05) is 24.7 Å². The molecule has 0 aromatic carbocycles. The van der Waals surface area contributed by atoms with Crippen molar-refractivity contribution in [3.8, 4) is 0 Å². The van der Waals surface area contributed by atoms with Gasteiger partial charge in [0.2, 0.25) is 9.47 Å². The van der Waals surface area contributed by atoms with Crippen LogP contribution in [-0.4, -0.2) is 53.5 Å². The molecule has 20 heavy (non-hydrogen) atoms. The second kappa shape index (κ2) is 6.36. The van der Waals surface area contributed by atoms with Gasteiger partial charge in [-0.15, -0.1) is 10.2 Å². The van der Waals surface area contributed by atoms with E-state index in [2.05, 4.69) is 10.2 Å². The van der Waals surface area contributed by atoms with E-state index in [1.165, 1.54) is 0 Å². The zero-order chi connectivity index (χ0) is 14.8. The first kappa shape index (κ1) is 15.7. The number of hydrogen-bond donors (Lipinski definition) is 0. The lowest BCUT2D eigenvalue weighted by molar-refractivity contribution is 0.0693. The molecule has 6 nitrogen and oxygen atoms in total. The molecule has 1 aromatic heterocycles. The van der Waals surface area contributed by atoms with Crippen LogP contribution in [0.4, 0.5) is 0 Å². The SMILES string of the molecule is CCCCN(C(=O)c1nnc(Cl)s1)C1CCS(=O)(=O)C1. The first-order chi connectivity index (χ1) is 9.43. The molecule has 1 aliphatic rings. The topological polar surface area (TPSA) is 80.2 Å². The summed E-state index contributed by atoms with van der Waals surface area (Å²) in [5.74, 6) is -0.0932. The van der Waals surface area contributed by atoms with E-state index in [-0.39, 0.29) is 32.9 Å². The summed E-state index contributed by atoms with van der Waals surface area (Å²) in [4.78, 5) is 14.1. The monoisotopic (exact) mass is 337 g/mol. The summed E-state index contributed by atoms with van der Waals surface area (Å²) in [7, 11) is -3.03. The molecule has 9 heteroatoms. The van der Waals surface area contributed by atoms with Crippen molar-refractivity contribution in [2.75, 3.05) is 18.1 Å². The number of nitrogens with zero attached hydrogens (tertiary/aromatic N) is 3. The third kappa shape index (κ3) is 3.67. The molecule has 1 atom stereocenters. The Morgan fingerprint density at radius 3 is 2.75 bits per heavy atom. The first-order valence-electron chi connectivity index (χ1n) is 6.43. The van der Waals surface area contributed by atoms with Crippen LogP contribution in [0.25, 0.3) is 0 Å². The van der Waals surface area contributed by atoms with Gasteiger partial charge in [0, 0.05) is 12.6 Å². The van der Waals surface area contributed by atoms with Crippen molar-refractivity contribution in [2.45, 2.75) is 32.2 Å². The Kier molecular flexibility index (Phi) is 4.98. The van der Waals surface area contributed by atoms with Gasteiger partial charge in [0.1, 0.15) is 0 Å². The van der Waals surface area contributed by atoms with E-state index in [9.17, 15) is 13.2 Å². The molecule has 1 saturated heterocycles. The highest BCUT2D eigenvalue weighted by Gasteiger charge is 2.35. The highest BCUT2D eigenvalue weighted by atomic mass is 35.5. The second-order valence-corrected chi connectivity index (χ2v) is 8.56. The quantitative estimate of drug-likeness (QED) is 0.815. The molecule has 1 aliphatic heterocycles. The minimum Gasteiger partial charge on any atom is -0.332 e. The lowest BCUT2D eigenvalue weighted by atomic mass is 10.2. The fourth-order valence-electron chi connectivity index (χ4n) is 2.21. The van der Waals surface area contributed by atoms with Gasteiger partial charge in [-0.2, -0.15) is 0 Å². The molecule has 1 amide bonds. The maximum Gasteiger partial charge on any atom is 0.285 e. The fraction of sp³-hybridized carbons (Fsp3) is 0.727. The number of carbonyl (C=O) groups excluding carboxylic acids is 1. The average molecular weight is 338 g/mol. The summed E-state index contributed by atoms with van der Waals surface area (Å²) in [5.41, 5.74) is 0. The predicted molar refractivity (Wildman–Crippen MR) is 77.9 cm³/mol. The molecule has 1 unspecified atom stereocenters. The number of hydrogen-bond acceptors (Lipinski definition) is 6. The Morgan fingerprint density at radius 1 is 1.50 bits per heavy atom. The Hall–Kier alpha value is -0.730. The summed E-state index contributed by atoms with van der Waals surface area (Å²) in [6.07, 6.45) is 2.25. The number of rotatable bonds is 5. The third-order valence-corrected chi connectivity index (χ3v) is 6.00. The normalized spacial score (nSPS) is 21.0. The maximum atomic E-state index is 12.4. The minimum atomic E-state index is -3.03. The zero-order valence-corrected chi connectivity index (χ0v) is 13.5. The summed E-state index contributed by atoms with van der Waals surface area (Å²) in [6, 6.07) is -0.262. The van der Waals surface area contributed by atoms with Gasteiger partial charge in [0.15, 0.2) is 9.84 Å². The molecule has 112 valence electrons. The summed E-state index contributed by atoms with van der Waals surface area (Å²) < 4.78 is 23.4. The number of halogens is 1. The highest BCUT2D eigenvalue weighted by molar-refractivity contribution is 7.91. The van der Waals surface area contributed by atoms with Crippen LogP contribution in [0.15, 0.2) is 0 Å². The third-order valence-electron chi connectivity index (χ3n) is 3.25. The van der Waals surface area contributed by atoms with E-state index < -0.39 is 9.84 Å². The molecule has 1 aromatic rings. The van der Waals surface area contributed by atoms with Gasteiger partial charge in [0.25, 0.3) is 5.91 Å². The number of unbranched alkanes of at least 4 members (excludes halogenated alkanes) is 1. The minimum absolute atomic E-state index is 0.0367. The van der Waals surface area contributed by atoms with Crippen LogP contribution in [0.1, 0.15) is 36.0 Å². The standard InChI is InChI=1S/C11H16ClN3O3S2/c1-2-3-5-15(8-4-6-20(17,18)7-8)10(16)9-13-14-11(12)19-9/h8H,2-7H2,1H3. The molecule has 0 radical (unpaired) electrons. The van der Waals surface area contributed by atoms with Crippen LogP contribution < -0.4 is 0 Å². The lowest BCUT2D eigenvalue weighted by Crippen LogP contribution is -2.41. The molecule has 2 rings (SSSR count). The fourth-order valence-corrected chi connectivity index (χ4v) is 4.73. The molecule has 0 bridgehead atoms. The van der Waals surface area contributed by atoms with Crippen LogP contribution in [0, 0.1) is 0 Å². The van der Waals surface area contributed by atoms with Gasteiger partial charge < -0.3 is 4.90 Å². The van der Waals surface area contributed by atoms with Crippen molar-refractivity contribution in [3.05, 3.63) is 9.47 Å². The van der Waals surface area contributed by atoms with Crippen molar-refractivity contribution in [1.29, 1.82) is 0 Å². The molecule has 1 fully saturated rings. The molecule has 0 aliphatic carbocycles. The maximum absolute atomic E-state index is 12.4. The van der Waals surface area contributed by atoms with Crippen molar-refractivity contribution >= 4 is 38.7 Å². The molecule has 0 spiro atoms. The molecular formula is C11H16ClN3O3S2. The number of sulfone groups is 1. The lowest BCUT2D eigenvalue weighted by Gasteiger charge is -2.27. The van der Waals surface area contributed by atoms with Gasteiger partial charge in [-0.3, -0.25) is 4.79 Å². The van der Waals surface area contributed by atoms with Crippen LogP contribution in [-0.2, 0) is 9.84 Å². The molecule has 2 heterocycles. The summed E-state index contributed by atoms with van der Waals surface area (Å²) in [6.45, 7) is 2.56. The van der Waals surface area contributed by atoms with E-state index in [4.69, 9.17) is 11.6 Å². The molecule has 0 N–H and O–H groups in total. The van der Waals surface area contributed by atoms with E-state index in [0.29, 0.717) is 13.0 Å². The number of carbonyl (C=O) groups is 1. The van der Waals surface area contributed by atoms with Gasteiger partial charge in [-0.05, 0) is 24.4 Å². The Bertz CT molecular complexity index is 587. The van der Waals surface area contributed by atoms with Crippen molar-refractivity contribution in [3.63, 3.8) is 0 Å². The Morgan fingerprint density at radius 2 is 2.25 bits per heavy atom. The van der Waals surface area contributed by atoms with Crippen LogP contribution in [0.3, 0.4) is 0 Å².